The molecule has 0 aromatic carbocycles. The number of alkyl halides is 1. The third-order valence-electron chi connectivity index (χ3n) is 10.3. The third kappa shape index (κ3) is 3.90. The minimum absolute atomic E-state index is 0.200. The fourth-order valence-electron chi connectivity index (χ4n) is 7.30. The first kappa shape index (κ1) is 24.3. The highest BCUT2D eigenvalue weighted by atomic mass is 127. The quantitative estimate of drug-likeness (QED) is 0.147. The van der Waals surface area contributed by atoms with Gasteiger partial charge < -0.3 is 4.43 Å². The van der Waals surface area contributed by atoms with Crippen LogP contribution in [-0.2, 0) is 4.43 Å². The minimum Gasteiger partial charge on any atom is -0.410 e. The Morgan fingerprint density at radius 2 is 1.84 bits per heavy atom. The predicted octanol–water partition coefficient (Wildman–Crippen LogP) is 8.72. The molecule has 0 aromatic heterocycles. The summed E-state index contributed by atoms with van der Waals surface area (Å²) in [4.78, 5) is 0. The van der Waals surface area contributed by atoms with Gasteiger partial charge in [0.05, 0.1) is 6.10 Å². The lowest BCUT2D eigenvalue weighted by Gasteiger charge is -2.54. The summed E-state index contributed by atoms with van der Waals surface area (Å²) in [6.07, 6.45) is 17.0. The number of halogens is 1. The van der Waals surface area contributed by atoms with E-state index in [-0.39, 0.29) is 16.6 Å². The SMILES string of the molecule is C[C@H](CI)[C@@H]1CC[C@@H]2C3=CC=C4C[C@H](O[Si](C)(C)C(C)(C)C)C=C[C@@]4(C)[C@H]3CC[C@]21C. The normalized spacial score (nSPS) is 41.1. The zero-order chi connectivity index (χ0) is 22.8. The van der Waals surface area contributed by atoms with Gasteiger partial charge in [0.1, 0.15) is 0 Å². The first-order valence-electron chi connectivity index (χ1n) is 12.7. The van der Waals surface area contributed by atoms with Crippen molar-refractivity contribution in [3.05, 3.63) is 35.5 Å². The van der Waals surface area contributed by atoms with Crippen LogP contribution < -0.4 is 0 Å². The van der Waals surface area contributed by atoms with Crippen LogP contribution in [0.2, 0.25) is 18.1 Å². The smallest absolute Gasteiger partial charge is 0.192 e. The summed E-state index contributed by atoms with van der Waals surface area (Å²) in [5.74, 6) is 3.25. The van der Waals surface area contributed by atoms with Crippen molar-refractivity contribution in [2.75, 3.05) is 4.43 Å². The highest BCUT2D eigenvalue weighted by Crippen LogP contribution is 2.65. The van der Waals surface area contributed by atoms with Gasteiger partial charge in [-0.05, 0) is 79.3 Å². The second-order valence-electron chi connectivity index (χ2n) is 13.1. The van der Waals surface area contributed by atoms with Crippen LogP contribution in [0.3, 0.4) is 0 Å². The molecule has 4 aliphatic carbocycles. The van der Waals surface area contributed by atoms with Crippen molar-refractivity contribution >= 4 is 30.9 Å². The average molecular weight is 553 g/mol. The number of hydrogen-bond acceptors (Lipinski definition) is 1. The van der Waals surface area contributed by atoms with Gasteiger partial charge >= 0.3 is 0 Å². The lowest BCUT2D eigenvalue weighted by molar-refractivity contribution is 0.0679. The van der Waals surface area contributed by atoms with Crippen LogP contribution in [0, 0.1) is 34.5 Å². The van der Waals surface area contributed by atoms with E-state index in [1.165, 1.54) is 30.1 Å². The summed E-state index contributed by atoms with van der Waals surface area (Å²) in [6, 6.07) is 0. The van der Waals surface area contributed by atoms with E-state index in [1.54, 1.807) is 11.1 Å². The van der Waals surface area contributed by atoms with Gasteiger partial charge in [0.2, 0.25) is 0 Å². The van der Waals surface area contributed by atoms with E-state index < -0.39 is 8.32 Å². The third-order valence-corrected chi connectivity index (χ3v) is 16.2. The van der Waals surface area contributed by atoms with Crippen LogP contribution in [0.5, 0.6) is 0 Å². The first-order valence-corrected chi connectivity index (χ1v) is 17.1. The van der Waals surface area contributed by atoms with Gasteiger partial charge in [0.25, 0.3) is 0 Å². The van der Waals surface area contributed by atoms with E-state index in [9.17, 15) is 0 Å². The summed E-state index contributed by atoms with van der Waals surface area (Å²) in [5.41, 5.74) is 4.12. The Kier molecular flexibility index (Phi) is 6.35. The van der Waals surface area contributed by atoms with E-state index in [4.69, 9.17) is 4.43 Å². The molecule has 1 nitrogen and oxygen atoms in total. The van der Waals surface area contributed by atoms with Crippen molar-refractivity contribution in [1.29, 1.82) is 0 Å². The zero-order valence-corrected chi connectivity index (χ0v) is 24.4. The van der Waals surface area contributed by atoms with Crippen molar-refractivity contribution in [2.24, 2.45) is 34.5 Å². The maximum atomic E-state index is 6.80. The largest absolute Gasteiger partial charge is 0.410 e. The summed E-state index contributed by atoms with van der Waals surface area (Å²) >= 11 is 2.61. The Bertz CT molecular complexity index is 802. The molecule has 4 rings (SSSR count). The molecule has 0 N–H and O–H groups in total. The molecular weight excluding hydrogens is 507 g/mol. The topological polar surface area (TPSA) is 9.23 Å². The summed E-state index contributed by atoms with van der Waals surface area (Å²) in [7, 11) is -1.75. The summed E-state index contributed by atoms with van der Waals surface area (Å²) in [6.45, 7) is 19.5. The Morgan fingerprint density at radius 1 is 1.13 bits per heavy atom. The molecule has 0 aromatic rings. The van der Waals surface area contributed by atoms with Crippen molar-refractivity contribution in [2.45, 2.75) is 97.9 Å². The zero-order valence-electron chi connectivity index (χ0n) is 21.2. The first-order chi connectivity index (χ1) is 14.3. The molecule has 0 unspecified atom stereocenters. The van der Waals surface area contributed by atoms with Crippen molar-refractivity contribution in [3.8, 4) is 0 Å². The molecule has 7 atom stereocenters. The Balaban J connectivity index is 1.59. The molecule has 0 heterocycles. The van der Waals surface area contributed by atoms with Crippen LogP contribution in [0.15, 0.2) is 35.5 Å². The fraction of sp³-hybridized carbons (Fsp3) is 0.786. The molecule has 4 aliphatic rings. The van der Waals surface area contributed by atoms with E-state index in [0.29, 0.717) is 11.3 Å². The highest BCUT2D eigenvalue weighted by Gasteiger charge is 2.56. The van der Waals surface area contributed by atoms with Crippen LogP contribution >= 0.6 is 22.6 Å². The van der Waals surface area contributed by atoms with Crippen molar-refractivity contribution in [3.63, 3.8) is 0 Å². The molecule has 2 fully saturated rings. The molecule has 0 radical (unpaired) electrons. The molecule has 2 saturated carbocycles. The van der Waals surface area contributed by atoms with E-state index >= 15 is 0 Å². The second kappa shape index (κ2) is 8.11. The molecular formula is C28H45IOSi. The molecule has 0 saturated heterocycles. The standard InChI is InChI=1S/C28H45IOSi/c1-19(18-29)23-11-12-24-22-10-9-20-17-21(30-31(7,8)26(2,3)4)13-15-27(20,5)25(22)14-16-28(23,24)6/h9-10,13,15,19,21,23-25H,11-12,14,16-18H2,1-8H3/t19-,21-,23+,24-,25+,27-,28+/m1/s1. The lowest BCUT2D eigenvalue weighted by atomic mass is 9.51. The van der Waals surface area contributed by atoms with Crippen LogP contribution in [0.25, 0.3) is 0 Å². The van der Waals surface area contributed by atoms with Crippen LogP contribution in [-0.4, -0.2) is 18.8 Å². The molecule has 31 heavy (non-hydrogen) atoms. The van der Waals surface area contributed by atoms with Crippen LogP contribution in [0.1, 0.15) is 73.6 Å². The van der Waals surface area contributed by atoms with Gasteiger partial charge in [-0.3, -0.25) is 0 Å². The number of allylic oxidation sites excluding steroid dienone is 4. The Labute approximate surface area is 206 Å². The van der Waals surface area contributed by atoms with Crippen molar-refractivity contribution in [1.82, 2.24) is 0 Å². The molecule has 0 aliphatic heterocycles. The van der Waals surface area contributed by atoms with E-state index in [0.717, 1.165) is 24.2 Å². The van der Waals surface area contributed by atoms with Gasteiger partial charge in [-0.15, -0.1) is 0 Å². The molecule has 0 bridgehead atoms. The predicted molar refractivity (Wildman–Crippen MR) is 145 cm³/mol. The van der Waals surface area contributed by atoms with Gasteiger partial charge in [0.15, 0.2) is 8.32 Å². The molecule has 3 heteroatoms. The maximum absolute atomic E-state index is 6.80. The Hall–Kier alpha value is 0.127. The number of fused-ring (bicyclic) bond motifs is 5. The number of hydrogen-bond donors (Lipinski definition) is 0. The van der Waals surface area contributed by atoms with Gasteiger partial charge in [-0.2, -0.15) is 0 Å². The second-order valence-corrected chi connectivity index (χ2v) is 18.7. The fourth-order valence-corrected chi connectivity index (χ4v) is 9.18. The average Bonchev–Trinajstić information content (AvgIpc) is 3.04. The Morgan fingerprint density at radius 3 is 2.48 bits per heavy atom. The van der Waals surface area contributed by atoms with Gasteiger partial charge in [0, 0.05) is 9.84 Å². The highest BCUT2D eigenvalue weighted by molar-refractivity contribution is 14.1. The van der Waals surface area contributed by atoms with Gasteiger partial charge in [-0.25, -0.2) is 0 Å². The minimum atomic E-state index is -1.75. The van der Waals surface area contributed by atoms with Crippen LogP contribution in [0.4, 0.5) is 0 Å². The summed E-state index contributed by atoms with van der Waals surface area (Å²) in [5, 5.41) is 0.261. The molecule has 0 amide bonds. The van der Waals surface area contributed by atoms with E-state index in [2.05, 4.69) is 102 Å². The van der Waals surface area contributed by atoms with Gasteiger partial charge in [-0.1, -0.05) is 99.6 Å². The lowest BCUT2D eigenvalue weighted by Crippen LogP contribution is -2.47. The number of rotatable bonds is 4. The maximum Gasteiger partial charge on any atom is 0.192 e. The molecule has 0 spiro atoms. The van der Waals surface area contributed by atoms with Crippen molar-refractivity contribution < 1.29 is 4.43 Å². The van der Waals surface area contributed by atoms with E-state index in [1.807, 2.05) is 0 Å². The monoisotopic (exact) mass is 552 g/mol. The summed E-state index contributed by atoms with van der Waals surface area (Å²) < 4.78 is 8.10. The molecule has 174 valence electrons.